The first kappa shape index (κ1) is 12.4. The summed E-state index contributed by atoms with van der Waals surface area (Å²) < 4.78 is 0.951. The summed E-state index contributed by atoms with van der Waals surface area (Å²) >= 11 is 5.23. The Labute approximate surface area is 103 Å². The Bertz CT molecular complexity index is 373. The van der Waals surface area contributed by atoms with Gasteiger partial charge >= 0.3 is 0 Å². The minimum absolute atomic E-state index is 0.690. The summed E-state index contributed by atoms with van der Waals surface area (Å²) in [5, 5.41) is 8.85. The molecule has 0 amide bonds. The second-order valence-corrected chi connectivity index (χ2v) is 5.13. The van der Waals surface area contributed by atoms with E-state index in [-0.39, 0.29) is 0 Å². The largest absolute Gasteiger partial charge is 0.374 e. The smallest absolute Gasteiger partial charge is 0.0992 e. The Morgan fingerprint density at radius 3 is 2.80 bits per heavy atom. The lowest BCUT2D eigenvalue weighted by molar-refractivity contribution is 0.977. The van der Waals surface area contributed by atoms with Crippen LogP contribution in [0.5, 0.6) is 0 Å². The first-order valence-electron chi connectivity index (χ1n) is 4.58. The molecule has 0 aliphatic rings. The zero-order chi connectivity index (χ0) is 11.3. The summed E-state index contributed by atoms with van der Waals surface area (Å²) in [6.07, 6.45) is 2.09. The highest BCUT2D eigenvalue weighted by Crippen LogP contribution is 2.21. The van der Waals surface area contributed by atoms with Crippen LogP contribution in [0.4, 0.5) is 5.69 Å². The molecule has 0 unspecified atom stereocenters. The molecule has 0 heterocycles. The van der Waals surface area contributed by atoms with Crippen molar-refractivity contribution in [2.75, 3.05) is 30.5 Å². The van der Waals surface area contributed by atoms with Crippen molar-refractivity contribution in [1.82, 2.24) is 0 Å². The molecule has 0 N–H and O–H groups in total. The van der Waals surface area contributed by atoms with Gasteiger partial charge in [-0.25, -0.2) is 0 Å². The van der Waals surface area contributed by atoms with E-state index < -0.39 is 0 Å². The summed E-state index contributed by atoms with van der Waals surface area (Å²) in [4.78, 5) is 2.15. The maximum atomic E-state index is 8.85. The Morgan fingerprint density at radius 2 is 2.20 bits per heavy atom. The van der Waals surface area contributed by atoms with Crippen molar-refractivity contribution >= 4 is 33.4 Å². The third kappa shape index (κ3) is 3.77. The van der Waals surface area contributed by atoms with E-state index in [0.717, 1.165) is 22.5 Å². The lowest BCUT2D eigenvalue weighted by Gasteiger charge is -2.19. The van der Waals surface area contributed by atoms with Gasteiger partial charge in [-0.3, -0.25) is 0 Å². The molecule has 0 aliphatic heterocycles. The van der Waals surface area contributed by atoms with E-state index in [0.29, 0.717) is 5.56 Å². The molecular formula is C11H13BrN2S. The molecule has 1 rings (SSSR count). The van der Waals surface area contributed by atoms with Crippen molar-refractivity contribution in [2.24, 2.45) is 0 Å². The molecule has 1 aromatic rings. The number of rotatable bonds is 4. The van der Waals surface area contributed by atoms with Crippen LogP contribution in [0.15, 0.2) is 22.7 Å². The first-order chi connectivity index (χ1) is 7.17. The number of halogens is 1. The van der Waals surface area contributed by atoms with Gasteiger partial charge in [0.1, 0.15) is 0 Å². The van der Waals surface area contributed by atoms with Gasteiger partial charge in [0.15, 0.2) is 0 Å². The Balaban J connectivity index is 2.84. The van der Waals surface area contributed by atoms with E-state index in [1.807, 2.05) is 37.0 Å². The fraction of sp³-hybridized carbons (Fsp3) is 0.364. The molecule has 4 heteroatoms. The van der Waals surface area contributed by atoms with Crippen molar-refractivity contribution < 1.29 is 0 Å². The van der Waals surface area contributed by atoms with Crippen LogP contribution in [0.25, 0.3) is 0 Å². The molecule has 0 saturated heterocycles. The number of hydrogen-bond acceptors (Lipinski definition) is 3. The maximum absolute atomic E-state index is 8.85. The van der Waals surface area contributed by atoms with Gasteiger partial charge in [0, 0.05) is 29.5 Å². The van der Waals surface area contributed by atoms with Crippen molar-refractivity contribution in [3.8, 4) is 6.07 Å². The molecule has 0 bridgehead atoms. The summed E-state index contributed by atoms with van der Waals surface area (Å²) in [6.45, 7) is 0.989. The molecule has 0 radical (unpaired) electrons. The van der Waals surface area contributed by atoms with Crippen LogP contribution in [0.2, 0.25) is 0 Å². The van der Waals surface area contributed by atoms with Crippen LogP contribution >= 0.6 is 27.7 Å². The van der Waals surface area contributed by atoms with E-state index in [1.54, 1.807) is 0 Å². The zero-order valence-corrected chi connectivity index (χ0v) is 11.2. The third-order valence-corrected chi connectivity index (χ3v) is 3.13. The highest BCUT2D eigenvalue weighted by Gasteiger charge is 2.03. The molecule has 0 atom stereocenters. The Hall–Kier alpha value is -0.660. The van der Waals surface area contributed by atoms with Gasteiger partial charge in [-0.15, -0.1) is 0 Å². The minimum atomic E-state index is 0.690. The fourth-order valence-electron chi connectivity index (χ4n) is 1.22. The van der Waals surface area contributed by atoms with Crippen molar-refractivity contribution in [1.29, 1.82) is 5.26 Å². The maximum Gasteiger partial charge on any atom is 0.0992 e. The van der Waals surface area contributed by atoms with Crippen LogP contribution < -0.4 is 4.90 Å². The number of nitrogens with zero attached hydrogens (tertiary/aromatic N) is 2. The number of hydrogen-bond donors (Lipinski definition) is 0. The van der Waals surface area contributed by atoms with Crippen LogP contribution in [0.3, 0.4) is 0 Å². The normalized spacial score (nSPS) is 9.73. The first-order valence-corrected chi connectivity index (χ1v) is 6.77. The van der Waals surface area contributed by atoms with Gasteiger partial charge < -0.3 is 4.90 Å². The van der Waals surface area contributed by atoms with Gasteiger partial charge in [-0.05, 0) is 24.5 Å². The highest BCUT2D eigenvalue weighted by atomic mass is 79.9. The summed E-state index contributed by atoms with van der Waals surface area (Å²) in [6, 6.07) is 7.92. The lowest BCUT2D eigenvalue weighted by atomic mass is 10.2. The molecule has 80 valence electrons. The second-order valence-electron chi connectivity index (χ2n) is 3.22. The van der Waals surface area contributed by atoms with Gasteiger partial charge in [0.05, 0.1) is 11.6 Å². The molecule has 15 heavy (non-hydrogen) atoms. The lowest BCUT2D eigenvalue weighted by Crippen LogP contribution is -2.20. The van der Waals surface area contributed by atoms with Gasteiger partial charge in [-0.2, -0.15) is 17.0 Å². The van der Waals surface area contributed by atoms with Crippen LogP contribution in [-0.2, 0) is 0 Å². The average Bonchev–Trinajstić information content (AvgIpc) is 2.24. The molecule has 0 aliphatic carbocycles. The van der Waals surface area contributed by atoms with Gasteiger partial charge in [-0.1, -0.05) is 15.9 Å². The molecule has 0 fully saturated rings. The molecular weight excluding hydrogens is 272 g/mol. The van der Waals surface area contributed by atoms with E-state index in [4.69, 9.17) is 5.26 Å². The zero-order valence-electron chi connectivity index (χ0n) is 8.83. The number of thioether (sulfide) groups is 1. The number of benzene rings is 1. The number of nitriles is 1. The third-order valence-electron chi connectivity index (χ3n) is 2.08. The Kier molecular flexibility index (Phi) is 5.00. The molecule has 0 saturated carbocycles. The predicted octanol–water partition coefficient (Wildman–Crippen LogP) is 3.12. The van der Waals surface area contributed by atoms with Crippen LogP contribution in [-0.4, -0.2) is 25.6 Å². The second kappa shape index (κ2) is 6.04. The fourth-order valence-corrected chi connectivity index (χ4v) is 2.15. The summed E-state index contributed by atoms with van der Waals surface area (Å²) in [5.41, 5.74) is 1.77. The topological polar surface area (TPSA) is 27.0 Å². The number of anilines is 1. The quantitative estimate of drug-likeness (QED) is 0.850. The summed E-state index contributed by atoms with van der Waals surface area (Å²) in [7, 11) is 2.04. The van der Waals surface area contributed by atoms with Crippen LogP contribution in [0, 0.1) is 11.3 Å². The van der Waals surface area contributed by atoms with Crippen LogP contribution in [0.1, 0.15) is 5.56 Å². The molecule has 1 aromatic carbocycles. The predicted molar refractivity (Wildman–Crippen MR) is 70.5 cm³/mol. The molecule has 2 nitrogen and oxygen atoms in total. The van der Waals surface area contributed by atoms with E-state index >= 15 is 0 Å². The molecule has 0 aromatic heterocycles. The van der Waals surface area contributed by atoms with Gasteiger partial charge in [0.2, 0.25) is 0 Å². The SMILES string of the molecule is CSCCN(C)c1cc(Br)cc(C#N)c1. The standard InChI is InChI=1S/C11H13BrN2S/c1-14(3-4-15-2)11-6-9(8-13)5-10(12)7-11/h5-7H,3-4H2,1-2H3. The van der Waals surface area contributed by atoms with Crippen molar-refractivity contribution in [3.05, 3.63) is 28.2 Å². The molecule has 0 spiro atoms. The minimum Gasteiger partial charge on any atom is -0.374 e. The average molecular weight is 285 g/mol. The van der Waals surface area contributed by atoms with Crippen molar-refractivity contribution in [2.45, 2.75) is 0 Å². The van der Waals surface area contributed by atoms with E-state index in [2.05, 4.69) is 33.2 Å². The van der Waals surface area contributed by atoms with E-state index in [9.17, 15) is 0 Å². The van der Waals surface area contributed by atoms with Gasteiger partial charge in [0.25, 0.3) is 0 Å². The van der Waals surface area contributed by atoms with Crippen molar-refractivity contribution in [3.63, 3.8) is 0 Å². The van der Waals surface area contributed by atoms with E-state index in [1.165, 1.54) is 0 Å². The summed E-state index contributed by atoms with van der Waals surface area (Å²) in [5.74, 6) is 1.09. The highest BCUT2D eigenvalue weighted by molar-refractivity contribution is 9.10. The monoisotopic (exact) mass is 284 g/mol. The Morgan fingerprint density at radius 1 is 1.47 bits per heavy atom.